The molecule has 1 N–H and O–H groups in total. The SMILES string of the molecule is CC1=C(C(=O)OC(C)C)[C@@H](c2ccc(Cl)cc2)C2=C(C[C@H](c3ccccc3)CC2=O)N1. The van der Waals surface area contributed by atoms with Crippen LogP contribution in [0.1, 0.15) is 56.6 Å². The third kappa shape index (κ3) is 4.31. The lowest BCUT2D eigenvalue weighted by molar-refractivity contribution is -0.143. The Bertz CT molecular complexity index is 1070. The van der Waals surface area contributed by atoms with Crippen molar-refractivity contribution in [2.75, 3.05) is 0 Å². The molecule has 0 aromatic heterocycles. The predicted octanol–water partition coefficient (Wildman–Crippen LogP) is 5.65. The fraction of sp³-hybridized carbons (Fsp3) is 0.308. The van der Waals surface area contributed by atoms with Crippen molar-refractivity contribution in [2.24, 2.45) is 0 Å². The molecule has 0 fully saturated rings. The third-order valence-electron chi connectivity index (χ3n) is 5.86. The van der Waals surface area contributed by atoms with Gasteiger partial charge in [0.05, 0.1) is 11.7 Å². The summed E-state index contributed by atoms with van der Waals surface area (Å²) in [6.07, 6.45) is 0.887. The van der Waals surface area contributed by atoms with Gasteiger partial charge in [0.25, 0.3) is 0 Å². The number of halogens is 1. The zero-order chi connectivity index (χ0) is 22.1. The molecular weight excluding hydrogens is 410 g/mol. The molecule has 0 amide bonds. The standard InChI is InChI=1S/C26H26ClNO3/c1-15(2)31-26(30)23-16(3)28-21-13-19(17-7-5-4-6-8-17)14-22(29)25(21)24(23)18-9-11-20(27)12-10-18/h4-12,15,19,24,28H,13-14H2,1-3H3/t19-,24+/m0/s1. The molecule has 2 aromatic rings. The summed E-state index contributed by atoms with van der Waals surface area (Å²) in [7, 11) is 0. The lowest BCUT2D eigenvalue weighted by Gasteiger charge is -2.37. The first-order valence-electron chi connectivity index (χ1n) is 10.6. The molecule has 1 aliphatic carbocycles. The first-order valence-corrected chi connectivity index (χ1v) is 11.0. The van der Waals surface area contributed by atoms with Crippen molar-refractivity contribution in [3.8, 4) is 0 Å². The van der Waals surface area contributed by atoms with Crippen molar-refractivity contribution < 1.29 is 14.3 Å². The average Bonchev–Trinajstić information content (AvgIpc) is 2.73. The Labute approximate surface area is 187 Å². The Morgan fingerprint density at radius 2 is 1.71 bits per heavy atom. The number of hydrogen-bond acceptors (Lipinski definition) is 4. The van der Waals surface area contributed by atoms with E-state index in [1.165, 1.54) is 0 Å². The molecule has 160 valence electrons. The smallest absolute Gasteiger partial charge is 0.337 e. The van der Waals surface area contributed by atoms with Crippen molar-refractivity contribution in [1.29, 1.82) is 0 Å². The summed E-state index contributed by atoms with van der Waals surface area (Å²) in [6, 6.07) is 17.5. The average molecular weight is 436 g/mol. The molecule has 4 nitrogen and oxygen atoms in total. The molecule has 2 aliphatic rings. The van der Waals surface area contributed by atoms with Gasteiger partial charge in [0, 0.05) is 34.3 Å². The monoisotopic (exact) mass is 435 g/mol. The van der Waals surface area contributed by atoms with Crippen molar-refractivity contribution in [3.05, 3.63) is 93.3 Å². The number of benzene rings is 2. The van der Waals surface area contributed by atoms with Crippen LogP contribution in [0, 0.1) is 0 Å². The number of esters is 1. The number of nitrogens with one attached hydrogen (secondary N) is 1. The van der Waals surface area contributed by atoms with E-state index < -0.39 is 11.9 Å². The van der Waals surface area contributed by atoms with Crippen LogP contribution in [0.2, 0.25) is 5.02 Å². The van der Waals surface area contributed by atoms with Gasteiger partial charge in [0.15, 0.2) is 5.78 Å². The molecule has 0 saturated heterocycles. The highest BCUT2D eigenvalue weighted by molar-refractivity contribution is 6.30. The second kappa shape index (κ2) is 8.72. The lowest BCUT2D eigenvalue weighted by atomic mass is 9.72. The number of ether oxygens (including phenoxy) is 1. The van der Waals surface area contributed by atoms with Gasteiger partial charge in [-0.15, -0.1) is 0 Å². The van der Waals surface area contributed by atoms with E-state index in [2.05, 4.69) is 17.4 Å². The van der Waals surface area contributed by atoms with Gasteiger partial charge in [-0.2, -0.15) is 0 Å². The molecule has 4 rings (SSSR count). The fourth-order valence-electron chi connectivity index (χ4n) is 4.54. The molecule has 0 bridgehead atoms. The molecule has 1 aliphatic heterocycles. The van der Waals surface area contributed by atoms with Crippen molar-refractivity contribution >= 4 is 23.4 Å². The van der Waals surface area contributed by atoms with Crippen LogP contribution >= 0.6 is 11.6 Å². The van der Waals surface area contributed by atoms with E-state index in [1.54, 1.807) is 12.1 Å². The number of Topliss-reactive ketones (excluding diaryl/α,β-unsaturated/α-hetero) is 1. The summed E-state index contributed by atoms with van der Waals surface area (Å²) in [5, 5.41) is 3.98. The summed E-state index contributed by atoms with van der Waals surface area (Å²) in [4.78, 5) is 26.5. The lowest BCUT2D eigenvalue weighted by Crippen LogP contribution is -2.36. The summed E-state index contributed by atoms with van der Waals surface area (Å²) < 4.78 is 5.54. The van der Waals surface area contributed by atoms with E-state index in [0.717, 1.165) is 28.9 Å². The summed E-state index contributed by atoms with van der Waals surface area (Å²) in [6.45, 7) is 5.52. The summed E-state index contributed by atoms with van der Waals surface area (Å²) in [5.41, 5.74) is 4.78. The molecule has 5 heteroatoms. The molecule has 0 saturated carbocycles. The molecule has 0 radical (unpaired) electrons. The van der Waals surface area contributed by atoms with Crippen LogP contribution in [-0.4, -0.2) is 17.9 Å². The minimum atomic E-state index is -0.469. The van der Waals surface area contributed by atoms with Crippen LogP contribution in [0.3, 0.4) is 0 Å². The van der Waals surface area contributed by atoms with E-state index in [9.17, 15) is 9.59 Å². The van der Waals surface area contributed by atoms with Gasteiger partial charge in [0.1, 0.15) is 0 Å². The summed E-state index contributed by atoms with van der Waals surface area (Å²) >= 11 is 6.11. The first kappa shape index (κ1) is 21.4. The highest BCUT2D eigenvalue weighted by Crippen LogP contribution is 2.45. The van der Waals surface area contributed by atoms with E-state index in [4.69, 9.17) is 16.3 Å². The van der Waals surface area contributed by atoms with Gasteiger partial charge in [-0.1, -0.05) is 54.1 Å². The van der Waals surface area contributed by atoms with Gasteiger partial charge < -0.3 is 10.1 Å². The van der Waals surface area contributed by atoms with Gasteiger partial charge in [-0.05, 0) is 56.4 Å². The zero-order valence-corrected chi connectivity index (χ0v) is 18.7. The number of rotatable bonds is 4. The van der Waals surface area contributed by atoms with E-state index >= 15 is 0 Å². The highest BCUT2D eigenvalue weighted by Gasteiger charge is 2.41. The zero-order valence-electron chi connectivity index (χ0n) is 17.9. The normalized spacial score (nSPS) is 21.1. The van der Waals surface area contributed by atoms with Gasteiger partial charge in [0.2, 0.25) is 0 Å². The molecule has 1 heterocycles. The van der Waals surface area contributed by atoms with Crippen LogP contribution < -0.4 is 5.32 Å². The highest BCUT2D eigenvalue weighted by atomic mass is 35.5. The molecular formula is C26H26ClNO3. The van der Waals surface area contributed by atoms with Crippen molar-refractivity contribution in [3.63, 3.8) is 0 Å². The number of ketones is 1. The Hall–Kier alpha value is -2.85. The number of allylic oxidation sites excluding steroid dienone is 3. The maximum absolute atomic E-state index is 13.5. The summed E-state index contributed by atoms with van der Waals surface area (Å²) in [5.74, 6) is -0.693. The molecule has 31 heavy (non-hydrogen) atoms. The van der Waals surface area contributed by atoms with E-state index in [1.807, 2.05) is 51.1 Å². The van der Waals surface area contributed by atoms with Crippen LogP contribution in [0.25, 0.3) is 0 Å². The molecule has 0 unspecified atom stereocenters. The maximum Gasteiger partial charge on any atom is 0.337 e. The minimum Gasteiger partial charge on any atom is -0.460 e. The van der Waals surface area contributed by atoms with Crippen LogP contribution in [0.5, 0.6) is 0 Å². The Balaban J connectivity index is 1.79. The molecule has 0 spiro atoms. The van der Waals surface area contributed by atoms with Crippen molar-refractivity contribution in [2.45, 2.75) is 51.6 Å². The maximum atomic E-state index is 13.5. The Morgan fingerprint density at radius 1 is 1.03 bits per heavy atom. The first-order chi connectivity index (χ1) is 14.8. The third-order valence-corrected chi connectivity index (χ3v) is 6.12. The number of carbonyl (C=O) groups excluding carboxylic acids is 2. The van der Waals surface area contributed by atoms with Crippen LogP contribution in [0.4, 0.5) is 0 Å². The van der Waals surface area contributed by atoms with E-state index in [0.29, 0.717) is 22.6 Å². The van der Waals surface area contributed by atoms with Crippen molar-refractivity contribution in [1.82, 2.24) is 5.32 Å². The Morgan fingerprint density at radius 3 is 2.35 bits per heavy atom. The predicted molar refractivity (Wildman–Crippen MR) is 122 cm³/mol. The van der Waals surface area contributed by atoms with Gasteiger partial charge >= 0.3 is 5.97 Å². The van der Waals surface area contributed by atoms with Crippen LogP contribution in [0.15, 0.2) is 77.1 Å². The van der Waals surface area contributed by atoms with Gasteiger partial charge in [-0.3, -0.25) is 4.79 Å². The number of hydrogen-bond donors (Lipinski definition) is 1. The topological polar surface area (TPSA) is 55.4 Å². The Kier molecular flexibility index (Phi) is 6.01. The number of carbonyl (C=O) groups is 2. The molecule has 2 aromatic carbocycles. The molecule has 2 atom stereocenters. The number of dihydropyridines is 1. The second-order valence-corrected chi connectivity index (χ2v) is 8.87. The fourth-order valence-corrected chi connectivity index (χ4v) is 4.66. The minimum absolute atomic E-state index is 0.0601. The van der Waals surface area contributed by atoms with Gasteiger partial charge in [-0.25, -0.2) is 4.79 Å². The quantitative estimate of drug-likeness (QED) is 0.630. The largest absolute Gasteiger partial charge is 0.460 e. The van der Waals surface area contributed by atoms with Crippen LogP contribution in [-0.2, 0) is 14.3 Å². The second-order valence-electron chi connectivity index (χ2n) is 8.43. The van der Waals surface area contributed by atoms with E-state index in [-0.39, 0.29) is 17.8 Å².